The lowest BCUT2D eigenvalue weighted by molar-refractivity contribution is -0.122. The average molecular weight is 364 g/mol. The van der Waals surface area contributed by atoms with Gasteiger partial charge in [0.1, 0.15) is 18.4 Å². The summed E-state index contributed by atoms with van der Waals surface area (Å²) in [7, 11) is 0. The van der Waals surface area contributed by atoms with Crippen molar-refractivity contribution in [2.24, 2.45) is 0 Å². The van der Waals surface area contributed by atoms with E-state index in [1.807, 2.05) is 63.2 Å². The number of amides is 1. The number of carbonyl (C=O) groups is 1. The summed E-state index contributed by atoms with van der Waals surface area (Å²) >= 11 is 0. The van der Waals surface area contributed by atoms with Gasteiger partial charge in [0.2, 0.25) is 5.91 Å². The van der Waals surface area contributed by atoms with Crippen LogP contribution in [0.4, 0.5) is 0 Å². The predicted molar refractivity (Wildman–Crippen MR) is 104 cm³/mol. The first-order chi connectivity index (χ1) is 13.0. The molecule has 2 aromatic carbocycles. The quantitative estimate of drug-likeness (QED) is 0.696. The third-order valence-corrected chi connectivity index (χ3v) is 4.38. The molecular weight excluding hydrogens is 340 g/mol. The van der Waals surface area contributed by atoms with Crippen LogP contribution in [0.2, 0.25) is 0 Å². The zero-order valence-electron chi connectivity index (χ0n) is 15.8. The summed E-state index contributed by atoms with van der Waals surface area (Å²) < 4.78 is 7.45. The monoisotopic (exact) mass is 364 g/mol. The molecule has 0 spiro atoms. The predicted octanol–water partition coefficient (Wildman–Crippen LogP) is 3.53. The Morgan fingerprint density at radius 2 is 1.96 bits per heavy atom. The molecule has 3 rings (SSSR count). The van der Waals surface area contributed by atoms with Gasteiger partial charge in [-0.2, -0.15) is 5.10 Å². The molecule has 6 nitrogen and oxygen atoms in total. The van der Waals surface area contributed by atoms with Crippen molar-refractivity contribution in [2.75, 3.05) is 6.61 Å². The van der Waals surface area contributed by atoms with Crippen LogP contribution in [0.1, 0.15) is 36.1 Å². The topological polar surface area (TPSA) is 69.0 Å². The number of nitrogens with one attached hydrogen (secondary N) is 1. The van der Waals surface area contributed by atoms with Gasteiger partial charge in [0.25, 0.3) is 0 Å². The van der Waals surface area contributed by atoms with Crippen LogP contribution in [-0.2, 0) is 4.79 Å². The molecule has 0 aliphatic rings. The fourth-order valence-corrected chi connectivity index (χ4v) is 2.77. The molecule has 27 heavy (non-hydrogen) atoms. The first kappa shape index (κ1) is 18.6. The molecule has 1 amide bonds. The maximum Gasteiger partial charge on any atom is 0.223 e. The maximum atomic E-state index is 12.2. The minimum absolute atomic E-state index is 0.0341. The summed E-state index contributed by atoms with van der Waals surface area (Å²) in [5.74, 6) is 0.799. The molecular formula is C21H24N4O2. The number of aromatic nitrogens is 3. The van der Waals surface area contributed by atoms with Gasteiger partial charge in [-0.15, -0.1) is 0 Å². The number of nitrogens with zero attached hydrogens (tertiary/aromatic N) is 3. The van der Waals surface area contributed by atoms with Crippen molar-refractivity contribution in [1.29, 1.82) is 0 Å². The van der Waals surface area contributed by atoms with Gasteiger partial charge < -0.3 is 10.1 Å². The molecule has 0 saturated heterocycles. The van der Waals surface area contributed by atoms with Crippen molar-refractivity contribution in [3.63, 3.8) is 0 Å². The van der Waals surface area contributed by atoms with Crippen molar-refractivity contribution in [3.8, 4) is 11.4 Å². The van der Waals surface area contributed by atoms with Gasteiger partial charge >= 0.3 is 0 Å². The van der Waals surface area contributed by atoms with Crippen LogP contribution in [0, 0.1) is 13.8 Å². The van der Waals surface area contributed by atoms with E-state index in [1.54, 1.807) is 11.0 Å². The molecule has 0 radical (unpaired) electrons. The SMILES string of the molecule is Cc1ccc(C)c(OCCC(=O)N[C@@H](C)c2ccc(-n3cncn3)cc2)c1. The minimum atomic E-state index is -0.0806. The summed E-state index contributed by atoms with van der Waals surface area (Å²) in [4.78, 5) is 16.1. The van der Waals surface area contributed by atoms with Gasteiger partial charge in [0, 0.05) is 0 Å². The maximum absolute atomic E-state index is 12.2. The largest absolute Gasteiger partial charge is 0.493 e. The molecule has 1 atom stereocenters. The van der Waals surface area contributed by atoms with E-state index in [4.69, 9.17) is 4.74 Å². The van der Waals surface area contributed by atoms with E-state index in [0.717, 1.165) is 28.1 Å². The highest BCUT2D eigenvalue weighted by Crippen LogP contribution is 2.19. The Hall–Kier alpha value is -3.15. The third kappa shape index (κ3) is 4.94. The standard InChI is InChI=1S/C21H24N4O2/c1-15-4-5-16(2)20(12-15)27-11-10-21(26)24-17(3)18-6-8-19(9-7-18)25-14-22-13-23-25/h4-9,12-14,17H,10-11H2,1-3H3,(H,24,26)/t17-/m0/s1. The van der Waals surface area contributed by atoms with E-state index >= 15 is 0 Å². The molecule has 6 heteroatoms. The van der Waals surface area contributed by atoms with Gasteiger partial charge in [-0.25, -0.2) is 9.67 Å². The number of benzene rings is 2. The molecule has 1 N–H and O–H groups in total. The smallest absolute Gasteiger partial charge is 0.223 e. The molecule has 1 heterocycles. The summed E-state index contributed by atoms with van der Waals surface area (Å²) in [6.07, 6.45) is 3.46. The second-order valence-corrected chi connectivity index (χ2v) is 6.59. The number of carbonyl (C=O) groups excluding carboxylic acids is 1. The van der Waals surface area contributed by atoms with Crippen molar-refractivity contribution < 1.29 is 9.53 Å². The Balaban J connectivity index is 1.49. The molecule has 0 saturated carbocycles. The number of hydrogen-bond donors (Lipinski definition) is 1. The Bertz CT molecular complexity index is 889. The second kappa shape index (κ2) is 8.49. The van der Waals surface area contributed by atoms with Gasteiger partial charge in [0.05, 0.1) is 24.8 Å². The lowest BCUT2D eigenvalue weighted by Gasteiger charge is -2.15. The van der Waals surface area contributed by atoms with Crippen molar-refractivity contribution in [2.45, 2.75) is 33.2 Å². The summed E-state index contributed by atoms with van der Waals surface area (Å²) in [6.45, 7) is 6.34. The highest BCUT2D eigenvalue weighted by atomic mass is 16.5. The van der Waals surface area contributed by atoms with Crippen molar-refractivity contribution >= 4 is 5.91 Å². The zero-order chi connectivity index (χ0) is 19.2. The van der Waals surface area contributed by atoms with Crippen molar-refractivity contribution in [1.82, 2.24) is 20.1 Å². The zero-order valence-corrected chi connectivity index (χ0v) is 15.8. The van der Waals surface area contributed by atoms with Crippen LogP contribution in [0.15, 0.2) is 55.1 Å². The summed E-state index contributed by atoms with van der Waals surface area (Å²) in [5.41, 5.74) is 4.17. The third-order valence-electron chi connectivity index (χ3n) is 4.38. The fourth-order valence-electron chi connectivity index (χ4n) is 2.77. The highest BCUT2D eigenvalue weighted by molar-refractivity contribution is 5.76. The Morgan fingerprint density at radius 3 is 2.67 bits per heavy atom. The van der Waals surface area contributed by atoms with Crippen LogP contribution >= 0.6 is 0 Å². The lowest BCUT2D eigenvalue weighted by Crippen LogP contribution is -2.27. The number of rotatable bonds is 7. The van der Waals surface area contributed by atoms with E-state index in [9.17, 15) is 4.79 Å². The van der Waals surface area contributed by atoms with Crippen LogP contribution in [0.5, 0.6) is 5.75 Å². The molecule has 0 bridgehead atoms. The van der Waals surface area contributed by atoms with Crippen LogP contribution in [-0.4, -0.2) is 27.3 Å². The van der Waals surface area contributed by atoms with E-state index in [0.29, 0.717) is 13.0 Å². The fraction of sp³-hybridized carbons (Fsp3) is 0.286. The molecule has 140 valence electrons. The van der Waals surface area contributed by atoms with E-state index in [2.05, 4.69) is 15.4 Å². The first-order valence-corrected chi connectivity index (χ1v) is 8.97. The number of ether oxygens (including phenoxy) is 1. The van der Waals surface area contributed by atoms with Gasteiger partial charge in [-0.3, -0.25) is 4.79 Å². The molecule has 1 aromatic heterocycles. The van der Waals surface area contributed by atoms with Crippen molar-refractivity contribution in [3.05, 3.63) is 71.8 Å². The Morgan fingerprint density at radius 1 is 1.19 bits per heavy atom. The summed E-state index contributed by atoms with van der Waals surface area (Å²) in [6, 6.07) is 13.9. The normalized spacial score (nSPS) is 11.8. The highest BCUT2D eigenvalue weighted by Gasteiger charge is 2.10. The van der Waals surface area contributed by atoms with Crippen LogP contribution in [0.25, 0.3) is 5.69 Å². The molecule has 0 aliphatic carbocycles. The first-order valence-electron chi connectivity index (χ1n) is 8.97. The number of hydrogen-bond acceptors (Lipinski definition) is 4. The molecule has 0 unspecified atom stereocenters. The Labute approximate surface area is 159 Å². The second-order valence-electron chi connectivity index (χ2n) is 6.59. The van der Waals surface area contributed by atoms with Gasteiger partial charge in [-0.05, 0) is 55.7 Å². The van der Waals surface area contributed by atoms with E-state index in [1.165, 1.54) is 6.33 Å². The van der Waals surface area contributed by atoms with E-state index < -0.39 is 0 Å². The van der Waals surface area contributed by atoms with Crippen LogP contribution < -0.4 is 10.1 Å². The van der Waals surface area contributed by atoms with Gasteiger partial charge in [0.15, 0.2) is 0 Å². The Kier molecular flexibility index (Phi) is 5.86. The molecule has 0 aliphatic heterocycles. The molecule has 0 fully saturated rings. The summed E-state index contributed by atoms with van der Waals surface area (Å²) in [5, 5.41) is 7.11. The lowest BCUT2D eigenvalue weighted by atomic mass is 10.1. The number of aryl methyl sites for hydroxylation is 2. The minimum Gasteiger partial charge on any atom is -0.493 e. The van der Waals surface area contributed by atoms with E-state index in [-0.39, 0.29) is 11.9 Å². The van der Waals surface area contributed by atoms with Gasteiger partial charge in [-0.1, -0.05) is 24.3 Å². The molecule has 3 aromatic rings. The average Bonchev–Trinajstić information content (AvgIpc) is 3.19. The van der Waals surface area contributed by atoms with Crippen LogP contribution in [0.3, 0.4) is 0 Å².